The Morgan fingerprint density at radius 2 is 2.05 bits per heavy atom. The van der Waals surface area contributed by atoms with Gasteiger partial charge < -0.3 is 10.2 Å². The van der Waals surface area contributed by atoms with E-state index < -0.39 is 0 Å². The van der Waals surface area contributed by atoms with Crippen molar-refractivity contribution >= 4 is 52.5 Å². The number of piperidine rings is 1. The molecule has 19 heavy (non-hydrogen) atoms. The molecule has 1 aliphatic rings. The fraction of sp³-hybridized carbons (Fsp3) is 0.462. The molecule has 2 rings (SSSR count). The van der Waals surface area contributed by atoms with Crippen LogP contribution in [0.5, 0.6) is 0 Å². The summed E-state index contributed by atoms with van der Waals surface area (Å²) in [6.45, 7) is 1.97. The van der Waals surface area contributed by atoms with Crippen LogP contribution in [0.2, 0.25) is 5.02 Å². The highest BCUT2D eigenvalue weighted by Gasteiger charge is 2.23. The lowest BCUT2D eigenvalue weighted by atomic mass is 10.0. The Hall–Kier alpha value is -0.0400. The van der Waals surface area contributed by atoms with Crippen molar-refractivity contribution in [2.75, 3.05) is 20.1 Å². The SMILES string of the molecule is CN(C(=O)c1ccc(Cl)c(I)c1)C1CCNCC1.Cl. The smallest absolute Gasteiger partial charge is 0.253 e. The van der Waals surface area contributed by atoms with Gasteiger partial charge in [-0.15, -0.1) is 12.4 Å². The van der Waals surface area contributed by atoms with E-state index in [1.54, 1.807) is 12.1 Å². The Morgan fingerprint density at radius 1 is 1.42 bits per heavy atom. The van der Waals surface area contributed by atoms with Crippen molar-refractivity contribution in [2.45, 2.75) is 18.9 Å². The van der Waals surface area contributed by atoms with E-state index in [1.807, 2.05) is 18.0 Å². The highest BCUT2D eigenvalue weighted by Crippen LogP contribution is 2.21. The number of nitrogens with zero attached hydrogens (tertiary/aromatic N) is 1. The largest absolute Gasteiger partial charge is 0.339 e. The highest BCUT2D eigenvalue weighted by molar-refractivity contribution is 14.1. The van der Waals surface area contributed by atoms with Gasteiger partial charge in [-0.3, -0.25) is 4.79 Å². The Labute approximate surface area is 138 Å². The van der Waals surface area contributed by atoms with Crippen LogP contribution in [0.25, 0.3) is 0 Å². The van der Waals surface area contributed by atoms with E-state index in [2.05, 4.69) is 27.9 Å². The lowest BCUT2D eigenvalue weighted by Crippen LogP contribution is -2.43. The van der Waals surface area contributed by atoms with Crippen molar-refractivity contribution < 1.29 is 4.79 Å². The molecule has 0 unspecified atom stereocenters. The quantitative estimate of drug-likeness (QED) is 0.753. The molecule has 0 atom stereocenters. The summed E-state index contributed by atoms with van der Waals surface area (Å²) < 4.78 is 0.916. The van der Waals surface area contributed by atoms with Crippen LogP contribution in [0, 0.1) is 3.57 Å². The Balaban J connectivity index is 0.00000180. The van der Waals surface area contributed by atoms with E-state index in [1.165, 1.54) is 0 Å². The minimum atomic E-state index is 0. The van der Waals surface area contributed by atoms with Crippen molar-refractivity contribution in [3.05, 3.63) is 32.4 Å². The number of carbonyl (C=O) groups is 1. The van der Waals surface area contributed by atoms with Gasteiger partial charge in [-0.2, -0.15) is 0 Å². The van der Waals surface area contributed by atoms with Crippen molar-refractivity contribution in [3.8, 4) is 0 Å². The van der Waals surface area contributed by atoms with Gasteiger partial charge in [0.2, 0.25) is 0 Å². The molecule has 0 bridgehead atoms. The highest BCUT2D eigenvalue weighted by atomic mass is 127. The fourth-order valence-corrected chi connectivity index (χ4v) is 2.83. The minimum Gasteiger partial charge on any atom is -0.339 e. The molecule has 1 N–H and O–H groups in total. The number of hydrogen-bond acceptors (Lipinski definition) is 2. The van der Waals surface area contributed by atoms with Gasteiger partial charge in [-0.25, -0.2) is 0 Å². The summed E-state index contributed by atoms with van der Waals surface area (Å²) in [5, 5.41) is 4.00. The van der Waals surface area contributed by atoms with Crippen LogP contribution in [0.4, 0.5) is 0 Å². The summed E-state index contributed by atoms with van der Waals surface area (Å²) >= 11 is 8.12. The van der Waals surface area contributed by atoms with Crippen LogP contribution in [0.1, 0.15) is 23.2 Å². The number of halogens is 3. The number of nitrogens with one attached hydrogen (secondary N) is 1. The second-order valence-corrected chi connectivity index (χ2v) is 6.10. The van der Waals surface area contributed by atoms with Crippen LogP contribution < -0.4 is 5.32 Å². The number of rotatable bonds is 2. The molecule has 1 aromatic carbocycles. The molecular formula is C13H17Cl2IN2O. The average Bonchev–Trinajstić information content (AvgIpc) is 2.41. The molecular weight excluding hydrogens is 398 g/mol. The van der Waals surface area contributed by atoms with Crippen molar-refractivity contribution in [3.63, 3.8) is 0 Å². The summed E-state index contributed by atoms with van der Waals surface area (Å²) in [4.78, 5) is 14.2. The zero-order valence-electron chi connectivity index (χ0n) is 10.7. The maximum atomic E-state index is 12.4. The summed E-state index contributed by atoms with van der Waals surface area (Å²) in [5.41, 5.74) is 0.713. The molecule has 1 saturated heterocycles. The summed E-state index contributed by atoms with van der Waals surface area (Å²) in [5.74, 6) is 0.0801. The zero-order chi connectivity index (χ0) is 13.1. The first-order valence-electron chi connectivity index (χ1n) is 6.02. The fourth-order valence-electron chi connectivity index (χ4n) is 2.19. The second kappa shape index (κ2) is 7.67. The monoisotopic (exact) mass is 414 g/mol. The van der Waals surface area contributed by atoms with E-state index in [-0.39, 0.29) is 18.3 Å². The third-order valence-corrected chi connectivity index (χ3v) is 4.88. The first kappa shape index (κ1) is 17.0. The van der Waals surface area contributed by atoms with E-state index in [4.69, 9.17) is 11.6 Å². The predicted molar refractivity (Wildman–Crippen MR) is 89.4 cm³/mol. The predicted octanol–water partition coefficient (Wildman–Crippen LogP) is 3.19. The molecule has 1 aliphatic heterocycles. The van der Waals surface area contributed by atoms with Crippen LogP contribution in [0.15, 0.2) is 18.2 Å². The first-order valence-corrected chi connectivity index (χ1v) is 7.48. The Kier molecular flexibility index (Phi) is 6.86. The van der Waals surface area contributed by atoms with Crippen LogP contribution >= 0.6 is 46.6 Å². The standard InChI is InChI=1S/C13H16ClIN2O.ClH/c1-17(10-4-6-16-7-5-10)13(18)9-2-3-11(14)12(15)8-9;/h2-3,8,10,16H,4-7H2,1H3;1H. The number of hydrogen-bond donors (Lipinski definition) is 1. The number of amides is 1. The zero-order valence-corrected chi connectivity index (χ0v) is 14.4. The van der Waals surface area contributed by atoms with E-state index >= 15 is 0 Å². The van der Waals surface area contributed by atoms with Gasteiger partial charge in [0.15, 0.2) is 0 Å². The third kappa shape index (κ3) is 4.21. The van der Waals surface area contributed by atoms with Crippen molar-refractivity contribution in [1.82, 2.24) is 10.2 Å². The van der Waals surface area contributed by atoms with E-state index in [9.17, 15) is 4.79 Å². The van der Waals surface area contributed by atoms with Crippen molar-refractivity contribution in [1.29, 1.82) is 0 Å². The summed E-state index contributed by atoms with van der Waals surface area (Å²) in [6.07, 6.45) is 2.04. The third-order valence-electron chi connectivity index (χ3n) is 3.34. The summed E-state index contributed by atoms with van der Waals surface area (Å²) in [7, 11) is 1.89. The first-order chi connectivity index (χ1) is 8.59. The average molecular weight is 415 g/mol. The maximum Gasteiger partial charge on any atom is 0.253 e. The number of carbonyl (C=O) groups excluding carboxylic acids is 1. The Bertz CT molecular complexity index is 450. The number of benzene rings is 1. The lowest BCUT2D eigenvalue weighted by molar-refractivity contribution is 0.0703. The molecule has 6 heteroatoms. The van der Waals surface area contributed by atoms with Crippen LogP contribution in [-0.2, 0) is 0 Å². The molecule has 1 aromatic rings. The van der Waals surface area contributed by atoms with Gasteiger partial charge in [0.05, 0.1) is 5.02 Å². The Morgan fingerprint density at radius 3 is 2.63 bits per heavy atom. The van der Waals surface area contributed by atoms with Crippen LogP contribution in [0.3, 0.4) is 0 Å². The second-order valence-electron chi connectivity index (χ2n) is 4.53. The molecule has 0 spiro atoms. The molecule has 106 valence electrons. The molecule has 0 saturated carbocycles. The van der Waals surface area contributed by atoms with Gasteiger partial charge >= 0.3 is 0 Å². The molecule has 0 aliphatic carbocycles. The molecule has 1 heterocycles. The molecule has 1 amide bonds. The lowest BCUT2D eigenvalue weighted by Gasteiger charge is -2.31. The van der Waals surface area contributed by atoms with Crippen molar-refractivity contribution in [2.24, 2.45) is 0 Å². The normalized spacial score (nSPS) is 15.7. The van der Waals surface area contributed by atoms with Gasteiger partial charge in [-0.05, 0) is 66.7 Å². The van der Waals surface area contributed by atoms with Gasteiger partial charge in [0.1, 0.15) is 0 Å². The topological polar surface area (TPSA) is 32.3 Å². The van der Waals surface area contributed by atoms with Crippen LogP contribution in [-0.4, -0.2) is 37.0 Å². The van der Waals surface area contributed by atoms with Gasteiger partial charge in [0.25, 0.3) is 5.91 Å². The molecule has 0 aromatic heterocycles. The molecule has 3 nitrogen and oxygen atoms in total. The molecule has 1 fully saturated rings. The minimum absolute atomic E-state index is 0. The maximum absolute atomic E-state index is 12.4. The summed E-state index contributed by atoms with van der Waals surface area (Å²) in [6, 6.07) is 5.77. The van der Waals surface area contributed by atoms with Gasteiger partial charge in [0, 0.05) is 22.2 Å². The van der Waals surface area contributed by atoms with E-state index in [0.29, 0.717) is 16.6 Å². The molecule has 0 radical (unpaired) electrons. The van der Waals surface area contributed by atoms with E-state index in [0.717, 1.165) is 29.5 Å². The van der Waals surface area contributed by atoms with Gasteiger partial charge in [-0.1, -0.05) is 11.6 Å².